The third-order valence-corrected chi connectivity index (χ3v) is 2.52. The van der Waals surface area contributed by atoms with Crippen molar-refractivity contribution < 1.29 is 14.6 Å². The zero-order chi connectivity index (χ0) is 13.0. The number of carboxylic acids is 1. The van der Waals surface area contributed by atoms with E-state index >= 15 is 0 Å². The molecule has 0 aliphatic heterocycles. The van der Waals surface area contributed by atoms with E-state index in [1.54, 1.807) is 29.9 Å². The highest BCUT2D eigenvalue weighted by Gasteiger charge is 2.19. The molecule has 0 bridgehead atoms. The zero-order valence-electron chi connectivity index (χ0n) is 9.98. The first-order valence-electron chi connectivity index (χ1n) is 5.66. The number of hydrogen-bond donors (Lipinski definition) is 1. The van der Waals surface area contributed by atoms with Crippen LogP contribution >= 0.6 is 0 Å². The predicted molar refractivity (Wildman–Crippen MR) is 65.6 cm³/mol. The van der Waals surface area contributed by atoms with Gasteiger partial charge in [-0.3, -0.25) is 0 Å². The minimum Gasteiger partial charge on any atom is -0.479 e. The van der Waals surface area contributed by atoms with Gasteiger partial charge in [0.15, 0.2) is 6.10 Å². The van der Waals surface area contributed by atoms with Crippen LogP contribution in [0.2, 0.25) is 0 Å². The molecular weight excluding hydrogens is 232 g/mol. The van der Waals surface area contributed by atoms with E-state index in [4.69, 9.17) is 9.84 Å². The highest BCUT2D eigenvalue weighted by molar-refractivity contribution is 5.74. The van der Waals surface area contributed by atoms with Crippen molar-refractivity contribution in [2.45, 2.75) is 13.0 Å². The van der Waals surface area contributed by atoms with Gasteiger partial charge < -0.3 is 9.84 Å². The number of benzene rings is 1. The second-order valence-electron chi connectivity index (χ2n) is 3.72. The first-order valence-corrected chi connectivity index (χ1v) is 5.66. The van der Waals surface area contributed by atoms with E-state index in [0.717, 1.165) is 5.69 Å². The summed E-state index contributed by atoms with van der Waals surface area (Å²) in [7, 11) is 0. The molecule has 18 heavy (non-hydrogen) atoms. The van der Waals surface area contributed by atoms with Crippen LogP contribution in [0.25, 0.3) is 5.69 Å². The van der Waals surface area contributed by atoms with Crippen molar-refractivity contribution in [1.82, 2.24) is 9.78 Å². The number of rotatable bonds is 5. The lowest BCUT2D eigenvalue weighted by Gasteiger charge is -2.13. The number of hydrogen-bond acceptors (Lipinski definition) is 3. The molecule has 2 rings (SSSR count). The van der Waals surface area contributed by atoms with Crippen molar-refractivity contribution in [3.63, 3.8) is 0 Å². The van der Waals surface area contributed by atoms with Crippen LogP contribution in [0.3, 0.4) is 0 Å². The molecule has 1 atom stereocenters. The van der Waals surface area contributed by atoms with Gasteiger partial charge in [-0.1, -0.05) is 12.1 Å². The van der Waals surface area contributed by atoms with E-state index in [0.29, 0.717) is 12.2 Å². The van der Waals surface area contributed by atoms with E-state index in [1.165, 1.54) is 0 Å². The van der Waals surface area contributed by atoms with Gasteiger partial charge in [0.1, 0.15) is 0 Å². The lowest BCUT2D eigenvalue weighted by atomic mass is 10.1. The largest absolute Gasteiger partial charge is 0.479 e. The summed E-state index contributed by atoms with van der Waals surface area (Å²) in [4.78, 5) is 11.1. The topological polar surface area (TPSA) is 64.3 Å². The molecule has 0 saturated heterocycles. The highest BCUT2D eigenvalue weighted by Crippen LogP contribution is 2.19. The van der Waals surface area contributed by atoms with Crippen LogP contribution in [0.15, 0.2) is 42.7 Å². The number of aromatic nitrogens is 2. The lowest BCUT2D eigenvalue weighted by molar-refractivity contribution is -0.150. The maximum absolute atomic E-state index is 11.1. The first kappa shape index (κ1) is 12.3. The second kappa shape index (κ2) is 5.46. The summed E-state index contributed by atoms with van der Waals surface area (Å²) in [6.45, 7) is 2.13. The van der Waals surface area contributed by atoms with Crippen LogP contribution in [0.4, 0.5) is 0 Å². The molecular formula is C13H14N2O3. The van der Waals surface area contributed by atoms with E-state index < -0.39 is 12.1 Å². The molecule has 0 fully saturated rings. The van der Waals surface area contributed by atoms with E-state index in [1.807, 2.05) is 24.4 Å². The third kappa shape index (κ3) is 2.57. The van der Waals surface area contributed by atoms with Gasteiger partial charge in [-0.05, 0) is 30.7 Å². The molecule has 0 aliphatic carbocycles. The molecule has 1 aromatic carbocycles. The summed E-state index contributed by atoms with van der Waals surface area (Å²) in [6, 6.07) is 8.94. The SMILES string of the molecule is CCO[C@@H](C(=O)O)c1ccc(-n2cccn2)cc1. The standard InChI is InChI=1S/C13H14N2O3/c1-2-18-12(13(16)17)10-4-6-11(7-5-10)15-9-3-8-14-15/h3-9,12H,2H2,1H3,(H,16,17)/t12-/m1/s1. The van der Waals surface area contributed by atoms with Gasteiger partial charge >= 0.3 is 5.97 Å². The van der Waals surface area contributed by atoms with Crippen LogP contribution in [-0.4, -0.2) is 27.5 Å². The smallest absolute Gasteiger partial charge is 0.337 e. The number of nitrogens with zero attached hydrogens (tertiary/aromatic N) is 2. The Bertz CT molecular complexity index is 506. The molecule has 0 amide bonds. The molecule has 5 heteroatoms. The van der Waals surface area contributed by atoms with Crippen molar-refractivity contribution in [1.29, 1.82) is 0 Å². The normalized spacial score (nSPS) is 12.3. The number of aliphatic carboxylic acids is 1. The Morgan fingerprint density at radius 2 is 2.17 bits per heavy atom. The quantitative estimate of drug-likeness (QED) is 0.876. The van der Waals surface area contributed by atoms with Gasteiger partial charge in [-0.15, -0.1) is 0 Å². The maximum atomic E-state index is 11.1. The van der Waals surface area contributed by atoms with Crippen LogP contribution in [0, 0.1) is 0 Å². The Morgan fingerprint density at radius 3 is 2.67 bits per heavy atom. The monoisotopic (exact) mass is 246 g/mol. The van der Waals surface area contributed by atoms with E-state index in [9.17, 15) is 4.79 Å². The molecule has 0 unspecified atom stereocenters. The molecule has 1 heterocycles. The Hall–Kier alpha value is -2.14. The second-order valence-corrected chi connectivity index (χ2v) is 3.72. The molecule has 2 aromatic rings. The number of carboxylic acid groups (broad SMARTS) is 1. The predicted octanol–water partition coefficient (Wildman–Crippen LogP) is 2.03. The molecule has 0 saturated carbocycles. The van der Waals surface area contributed by atoms with Gasteiger partial charge in [-0.25, -0.2) is 9.48 Å². The Labute approximate surface area is 105 Å². The summed E-state index contributed by atoms with van der Waals surface area (Å²) in [5.41, 5.74) is 1.50. The van der Waals surface area contributed by atoms with Crippen molar-refractivity contribution >= 4 is 5.97 Å². The summed E-state index contributed by atoms with van der Waals surface area (Å²) in [5.74, 6) is -0.983. The van der Waals surface area contributed by atoms with Gasteiger partial charge in [-0.2, -0.15) is 5.10 Å². The van der Waals surface area contributed by atoms with Crippen LogP contribution < -0.4 is 0 Å². The minimum atomic E-state index is -0.983. The average Bonchev–Trinajstić information content (AvgIpc) is 2.90. The van der Waals surface area contributed by atoms with E-state index in [-0.39, 0.29) is 0 Å². The third-order valence-electron chi connectivity index (χ3n) is 2.52. The van der Waals surface area contributed by atoms with Crippen molar-refractivity contribution in [3.05, 3.63) is 48.3 Å². The van der Waals surface area contributed by atoms with Gasteiger partial charge in [0.05, 0.1) is 5.69 Å². The molecule has 1 aromatic heterocycles. The highest BCUT2D eigenvalue weighted by atomic mass is 16.5. The summed E-state index contributed by atoms with van der Waals surface area (Å²) < 4.78 is 6.91. The Kier molecular flexibility index (Phi) is 3.74. The number of ether oxygens (including phenoxy) is 1. The molecule has 5 nitrogen and oxygen atoms in total. The molecule has 94 valence electrons. The zero-order valence-corrected chi connectivity index (χ0v) is 9.98. The molecule has 0 spiro atoms. The van der Waals surface area contributed by atoms with Crippen molar-refractivity contribution in [3.8, 4) is 5.69 Å². The Balaban J connectivity index is 2.23. The van der Waals surface area contributed by atoms with Crippen molar-refractivity contribution in [2.75, 3.05) is 6.61 Å². The lowest BCUT2D eigenvalue weighted by Crippen LogP contribution is -2.15. The molecule has 1 N–H and O–H groups in total. The van der Waals surface area contributed by atoms with Crippen LogP contribution in [0.1, 0.15) is 18.6 Å². The fourth-order valence-electron chi connectivity index (χ4n) is 1.70. The summed E-state index contributed by atoms with van der Waals surface area (Å²) in [5, 5.41) is 13.2. The minimum absolute atomic E-state index is 0.359. The molecule has 0 aliphatic rings. The Morgan fingerprint density at radius 1 is 1.44 bits per heavy atom. The van der Waals surface area contributed by atoms with Gasteiger partial charge in [0.25, 0.3) is 0 Å². The maximum Gasteiger partial charge on any atom is 0.337 e. The fourth-order valence-corrected chi connectivity index (χ4v) is 1.70. The number of carbonyl (C=O) groups is 1. The fraction of sp³-hybridized carbons (Fsp3) is 0.231. The van der Waals surface area contributed by atoms with E-state index in [2.05, 4.69) is 5.10 Å². The average molecular weight is 246 g/mol. The van der Waals surface area contributed by atoms with Gasteiger partial charge in [0.2, 0.25) is 0 Å². The summed E-state index contributed by atoms with van der Waals surface area (Å²) in [6.07, 6.45) is 2.60. The first-order chi connectivity index (χ1) is 8.72. The summed E-state index contributed by atoms with van der Waals surface area (Å²) >= 11 is 0. The van der Waals surface area contributed by atoms with Crippen LogP contribution in [0.5, 0.6) is 0 Å². The molecule has 0 radical (unpaired) electrons. The van der Waals surface area contributed by atoms with Crippen molar-refractivity contribution in [2.24, 2.45) is 0 Å². The van der Waals surface area contributed by atoms with Crippen LogP contribution in [-0.2, 0) is 9.53 Å². The van der Waals surface area contributed by atoms with Gasteiger partial charge in [0, 0.05) is 19.0 Å².